The van der Waals surface area contributed by atoms with Crippen LogP contribution >= 0.6 is 34.5 Å². The summed E-state index contributed by atoms with van der Waals surface area (Å²) in [5.74, 6) is -0.843. The molecule has 28 heavy (non-hydrogen) atoms. The monoisotopic (exact) mass is 431 g/mol. The summed E-state index contributed by atoms with van der Waals surface area (Å²) in [6.45, 7) is 0. The number of hydrogen-bond donors (Lipinski definition) is 2. The summed E-state index contributed by atoms with van der Waals surface area (Å²) in [6.07, 6.45) is 2.97. The van der Waals surface area contributed by atoms with E-state index >= 15 is 0 Å². The number of hydrogen-bond acceptors (Lipinski definition) is 5. The van der Waals surface area contributed by atoms with Crippen LogP contribution in [-0.2, 0) is 4.79 Å². The lowest BCUT2D eigenvalue weighted by Gasteiger charge is -1.99. The second-order valence-corrected chi connectivity index (χ2v) is 7.45. The van der Waals surface area contributed by atoms with Crippen molar-refractivity contribution in [2.75, 3.05) is 5.32 Å². The summed E-state index contributed by atoms with van der Waals surface area (Å²) in [6, 6.07) is 10.3. The van der Waals surface area contributed by atoms with Crippen LogP contribution in [0.15, 0.2) is 57.1 Å². The lowest BCUT2D eigenvalue weighted by Crippen LogP contribution is -2.07. The Bertz CT molecular complexity index is 1270. The molecule has 0 saturated heterocycles. The second-order valence-electron chi connectivity index (χ2n) is 5.75. The van der Waals surface area contributed by atoms with E-state index in [2.05, 4.69) is 15.3 Å². The maximum Gasteiger partial charge on any atom is 0.417 e. The van der Waals surface area contributed by atoms with Crippen molar-refractivity contribution < 1.29 is 9.21 Å². The number of anilines is 1. The first kappa shape index (κ1) is 18.5. The topological polar surface area (TPSA) is 88.0 Å². The Balaban J connectivity index is 1.48. The van der Waals surface area contributed by atoms with Gasteiger partial charge in [0, 0.05) is 27.1 Å². The number of nitrogens with zero attached hydrogens (tertiary/aromatic N) is 1. The second kappa shape index (κ2) is 7.63. The highest BCUT2D eigenvalue weighted by Gasteiger charge is 2.09. The molecule has 2 N–H and O–H groups in total. The normalized spacial score (nSPS) is 11.4. The fraction of sp³-hybridized carbons (Fsp3) is 0. The molecule has 140 valence electrons. The highest BCUT2D eigenvalue weighted by atomic mass is 35.5. The van der Waals surface area contributed by atoms with Crippen molar-refractivity contribution in [3.63, 3.8) is 0 Å². The van der Waals surface area contributed by atoms with Crippen LogP contribution < -0.4 is 11.1 Å². The zero-order chi connectivity index (χ0) is 19.7. The van der Waals surface area contributed by atoms with Gasteiger partial charge in [-0.15, -0.1) is 11.3 Å². The van der Waals surface area contributed by atoms with Crippen LogP contribution in [0.1, 0.15) is 5.56 Å². The van der Waals surface area contributed by atoms with E-state index in [1.807, 2.05) is 6.07 Å². The van der Waals surface area contributed by atoms with Crippen LogP contribution in [0, 0.1) is 0 Å². The number of aromatic amines is 1. The van der Waals surface area contributed by atoms with E-state index in [0.717, 1.165) is 5.56 Å². The Labute approximate surface area is 172 Å². The van der Waals surface area contributed by atoms with E-state index in [0.29, 0.717) is 37.5 Å². The molecule has 1 amide bonds. The molecule has 6 nitrogen and oxygen atoms in total. The van der Waals surface area contributed by atoms with E-state index in [-0.39, 0.29) is 5.91 Å². The third-order valence-corrected chi connectivity index (χ3v) is 5.15. The molecule has 0 fully saturated rings. The van der Waals surface area contributed by atoms with Crippen LogP contribution in [0.2, 0.25) is 10.0 Å². The highest BCUT2D eigenvalue weighted by Crippen LogP contribution is 2.27. The van der Waals surface area contributed by atoms with E-state index in [4.69, 9.17) is 27.6 Å². The molecule has 0 spiro atoms. The Morgan fingerprint density at radius 1 is 1.21 bits per heavy atom. The van der Waals surface area contributed by atoms with Crippen molar-refractivity contribution in [2.45, 2.75) is 0 Å². The van der Waals surface area contributed by atoms with Crippen LogP contribution in [-0.4, -0.2) is 15.9 Å². The average Bonchev–Trinajstić information content (AvgIpc) is 3.25. The number of halogens is 2. The summed E-state index contributed by atoms with van der Waals surface area (Å²) >= 11 is 13.2. The number of aromatic nitrogens is 2. The van der Waals surface area contributed by atoms with Crippen LogP contribution in [0.3, 0.4) is 0 Å². The minimum atomic E-state index is -0.508. The van der Waals surface area contributed by atoms with Crippen molar-refractivity contribution in [1.82, 2.24) is 9.97 Å². The molecular formula is C19H11Cl2N3O3S. The molecule has 0 aliphatic carbocycles. The minimum absolute atomic E-state index is 0.334. The largest absolute Gasteiger partial charge is 0.417 e. The first-order valence-corrected chi connectivity index (χ1v) is 9.64. The molecule has 2 heterocycles. The summed E-state index contributed by atoms with van der Waals surface area (Å²) in [5, 5.41) is 5.95. The van der Waals surface area contributed by atoms with Crippen LogP contribution in [0.5, 0.6) is 0 Å². The van der Waals surface area contributed by atoms with E-state index in [1.165, 1.54) is 17.4 Å². The molecule has 0 aliphatic rings. The number of carbonyl (C=O) groups excluding carboxylic acids is 1. The zero-order valence-electron chi connectivity index (χ0n) is 14.0. The number of carbonyl (C=O) groups is 1. The molecule has 9 heteroatoms. The maximum atomic E-state index is 12.1. The van der Waals surface area contributed by atoms with Crippen molar-refractivity contribution in [3.8, 4) is 11.3 Å². The Kier molecular flexibility index (Phi) is 5.04. The van der Waals surface area contributed by atoms with Gasteiger partial charge in [0.1, 0.15) is 0 Å². The lowest BCUT2D eigenvalue weighted by atomic mass is 10.1. The summed E-state index contributed by atoms with van der Waals surface area (Å²) in [5.41, 5.74) is 3.18. The molecule has 4 aromatic rings. The van der Waals surface area contributed by atoms with Crippen LogP contribution in [0.4, 0.5) is 5.13 Å². The van der Waals surface area contributed by atoms with Gasteiger partial charge in [-0.1, -0.05) is 35.3 Å². The van der Waals surface area contributed by atoms with Crippen molar-refractivity contribution >= 4 is 62.8 Å². The van der Waals surface area contributed by atoms with Gasteiger partial charge < -0.3 is 4.42 Å². The fourth-order valence-corrected chi connectivity index (χ4v) is 3.71. The third-order valence-electron chi connectivity index (χ3n) is 3.83. The molecule has 0 aliphatic heterocycles. The van der Waals surface area contributed by atoms with Gasteiger partial charge in [-0.05, 0) is 35.9 Å². The number of nitrogens with one attached hydrogen (secondary N) is 2. The van der Waals surface area contributed by atoms with Gasteiger partial charge in [-0.3, -0.25) is 15.1 Å². The Morgan fingerprint density at radius 3 is 2.89 bits per heavy atom. The molecule has 0 saturated carbocycles. The quantitative estimate of drug-likeness (QED) is 0.434. The molecular weight excluding hydrogens is 421 g/mol. The lowest BCUT2D eigenvalue weighted by molar-refractivity contribution is -0.111. The maximum absolute atomic E-state index is 12.1. The summed E-state index contributed by atoms with van der Waals surface area (Å²) in [4.78, 5) is 30.4. The Hall–Kier alpha value is -2.87. The first-order chi connectivity index (χ1) is 13.5. The fourth-order valence-electron chi connectivity index (χ4n) is 2.52. The van der Waals surface area contributed by atoms with Gasteiger partial charge in [-0.25, -0.2) is 9.78 Å². The average molecular weight is 432 g/mol. The summed E-state index contributed by atoms with van der Waals surface area (Å²) < 4.78 is 5.06. The van der Waals surface area contributed by atoms with Crippen LogP contribution in [0.25, 0.3) is 28.4 Å². The summed E-state index contributed by atoms with van der Waals surface area (Å²) in [7, 11) is 0. The SMILES string of the molecule is O=C(/C=C/c1ccc(Cl)cc1Cl)Nc1nc(-c2ccc3[nH]c(=O)oc3c2)cs1. The predicted octanol–water partition coefficient (Wildman–Crippen LogP) is 5.20. The number of H-pyrrole nitrogens is 1. The zero-order valence-corrected chi connectivity index (χ0v) is 16.4. The predicted molar refractivity (Wildman–Crippen MR) is 112 cm³/mol. The van der Waals surface area contributed by atoms with E-state index in [9.17, 15) is 9.59 Å². The standard InChI is InChI=1S/C19H11Cl2N3O3S/c20-12-4-1-10(13(21)8-12)3-6-17(25)24-18-22-15(9-28-18)11-2-5-14-16(7-11)27-19(26)23-14/h1-9H,(H,23,26)(H,22,24,25)/b6-3+. The number of thiazole rings is 1. The van der Waals surface area contributed by atoms with Crippen molar-refractivity contribution in [3.05, 3.63) is 74.0 Å². The van der Waals surface area contributed by atoms with E-state index in [1.54, 1.807) is 41.8 Å². The third kappa shape index (κ3) is 4.01. The molecule has 4 rings (SSSR count). The van der Waals surface area contributed by atoms with Gasteiger partial charge >= 0.3 is 5.76 Å². The number of fused-ring (bicyclic) bond motifs is 1. The van der Waals surface area contributed by atoms with Crippen molar-refractivity contribution in [2.24, 2.45) is 0 Å². The number of rotatable bonds is 4. The molecule has 0 atom stereocenters. The number of amides is 1. The Morgan fingerprint density at radius 2 is 2.07 bits per heavy atom. The highest BCUT2D eigenvalue weighted by molar-refractivity contribution is 7.14. The molecule has 0 unspecified atom stereocenters. The van der Waals surface area contributed by atoms with Gasteiger partial charge in [0.25, 0.3) is 0 Å². The van der Waals surface area contributed by atoms with Crippen molar-refractivity contribution in [1.29, 1.82) is 0 Å². The minimum Gasteiger partial charge on any atom is -0.408 e. The number of benzene rings is 2. The van der Waals surface area contributed by atoms with Gasteiger partial charge in [-0.2, -0.15) is 0 Å². The van der Waals surface area contributed by atoms with Gasteiger partial charge in [0.15, 0.2) is 10.7 Å². The molecule has 2 aromatic carbocycles. The number of oxazole rings is 1. The smallest absolute Gasteiger partial charge is 0.408 e. The first-order valence-electron chi connectivity index (χ1n) is 8.01. The van der Waals surface area contributed by atoms with Gasteiger partial charge in [0.2, 0.25) is 5.91 Å². The molecule has 0 radical (unpaired) electrons. The van der Waals surface area contributed by atoms with Gasteiger partial charge in [0.05, 0.1) is 11.2 Å². The van der Waals surface area contributed by atoms with E-state index < -0.39 is 5.76 Å². The molecule has 2 aromatic heterocycles. The molecule has 0 bridgehead atoms.